The summed E-state index contributed by atoms with van der Waals surface area (Å²) in [6, 6.07) is 0.106. The third kappa shape index (κ3) is 6.08. The standard InChI is InChI=1S/C17H33N3/c1-4-6-7-8-9-10-11-12-13-16-19-14(3)17(20-16)15(18)5-2/h15H,4-13,18H2,1-3H3,(H,19,20). The Morgan fingerprint density at radius 2 is 1.60 bits per heavy atom. The Kier molecular flexibility index (Phi) is 8.59. The highest BCUT2D eigenvalue weighted by atomic mass is 15.0. The van der Waals surface area contributed by atoms with E-state index in [1.165, 1.54) is 51.4 Å². The monoisotopic (exact) mass is 279 g/mol. The van der Waals surface area contributed by atoms with Gasteiger partial charge in [-0.25, -0.2) is 4.98 Å². The minimum atomic E-state index is 0.106. The topological polar surface area (TPSA) is 54.7 Å². The van der Waals surface area contributed by atoms with E-state index in [0.29, 0.717) is 0 Å². The molecular weight excluding hydrogens is 246 g/mol. The Labute approximate surface area is 124 Å². The van der Waals surface area contributed by atoms with E-state index in [1.54, 1.807) is 0 Å². The number of hydrogen-bond acceptors (Lipinski definition) is 2. The van der Waals surface area contributed by atoms with E-state index in [-0.39, 0.29) is 6.04 Å². The molecule has 1 heterocycles. The van der Waals surface area contributed by atoms with Crippen LogP contribution in [-0.2, 0) is 6.42 Å². The molecule has 3 nitrogen and oxygen atoms in total. The SMILES string of the molecule is CCCCCCCCCCc1nc(C)c(C(N)CC)[nH]1. The van der Waals surface area contributed by atoms with Crippen LogP contribution >= 0.6 is 0 Å². The van der Waals surface area contributed by atoms with Crippen molar-refractivity contribution in [3.8, 4) is 0 Å². The Bertz CT molecular complexity index is 357. The van der Waals surface area contributed by atoms with Crippen LogP contribution in [0.25, 0.3) is 0 Å². The molecule has 0 saturated carbocycles. The lowest BCUT2D eigenvalue weighted by Gasteiger charge is -2.06. The van der Waals surface area contributed by atoms with Crippen LogP contribution < -0.4 is 5.73 Å². The number of aryl methyl sites for hydroxylation is 2. The number of aromatic amines is 1. The molecule has 1 rings (SSSR count). The molecule has 0 fully saturated rings. The van der Waals surface area contributed by atoms with Crippen molar-refractivity contribution in [1.82, 2.24) is 9.97 Å². The number of unbranched alkanes of at least 4 members (excludes halogenated alkanes) is 7. The van der Waals surface area contributed by atoms with Crippen molar-refractivity contribution in [3.63, 3.8) is 0 Å². The molecule has 3 heteroatoms. The largest absolute Gasteiger partial charge is 0.344 e. The van der Waals surface area contributed by atoms with E-state index in [4.69, 9.17) is 5.73 Å². The van der Waals surface area contributed by atoms with Gasteiger partial charge >= 0.3 is 0 Å². The highest BCUT2D eigenvalue weighted by molar-refractivity contribution is 5.16. The lowest BCUT2D eigenvalue weighted by molar-refractivity contribution is 0.572. The maximum Gasteiger partial charge on any atom is 0.106 e. The summed E-state index contributed by atoms with van der Waals surface area (Å²) in [7, 11) is 0. The molecule has 0 amide bonds. The van der Waals surface area contributed by atoms with Crippen molar-refractivity contribution in [3.05, 3.63) is 17.2 Å². The van der Waals surface area contributed by atoms with Gasteiger partial charge in [-0.2, -0.15) is 0 Å². The van der Waals surface area contributed by atoms with Gasteiger partial charge in [-0.1, -0.05) is 58.8 Å². The van der Waals surface area contributed by atoms with Gasteiger partial charge in [0.25, 0.3) is 0 Å². The van der Waals surface area contributed by atoms with Crippen LogP contribution in [-0.4, -0.2) is 9.97 Å². The molecule has 0 aliphatic heterocycles. The maximum atomic E-state index is 6.07. The smallest absolute Gasteiger partial charge is 0.106 e. The molecule has 3 N–H and O–H groups in total. The molecule has 0 bridgehead atoms. The number of rotatable bonds is 11. The van der Waals surface area contributed by atoms with Crippen molar-refractivity contribution in [1.29, 1.82) is 0 Å². The Hall–Kier alpha value is -0.830. The molecule has 1 aromatic rings. The molecule has 0 radical (unpaired) electrons. The van der Waals surface area contributed by atoms with Gasteiger partial charge in [0.05, 0.1) is 11.4 Å². The first-order chi connectivity index (χ1) is 9.69. The van der Waals surface area contributed by atoms with E-state index in [2.05, 4.69) is 30.7 Å². The number of H-pyrrole nitrogens is 1. The Morgan fingerprint density at radius 3 is 2.20 bits per heavy atom. The summed E-state index contributed by atoms with van der Waals surface area (Å²) >= 11 is 0. The average Bonchev–Trinajstić information content (AvgIpc) is 2.82. The van der Waals surface area contributed by atoms with E-state index in [1.807, 2.05) is 0 Å². The summed E-state index contributed by atoms with van der Waals surface area (Å²) in [6.07, 6.45) is 12.9. The lowest BCUT2D eigenvalue weighted by atomic mass is 10.1. The number of nitrogens with zero attached hydrogens (tertiary/aromatic N) is 1. The lowest BCUT2D eigenvalue weighted by Crippen LogP contribution is -2.10. The van der Waals surface area contributed by atoms with Crippen molar-refractivity contribution < 1.29 is 0 Å². The quantitative estimate of drug-likeness (QED) is 0.571. The summed E-state index contributed by atoms with van der Waals surface area (Å²) in [6.45, 7) is 6.44. The zero-order valence-corrected chi connectivity index (χ0v) is 13.7. The molecule has 0 saturated heterocycles. The summed E-state index contributed by atoms with van der Waals surface area (Å²) < 4.78 is 0. The minimum Gasteiger partial charge on any atom is -0.344 e. The molecule has 0 aromatic carbocycles. The van der Waals surface area contributed by atoms with E-state index in [9.17, 15) is 0 Å². The van der Waals surface area contributed by atoms with Gasteiger partial charge in [-0.05, 0) is 19.8 Å². The molecule has 0 aliphatic carbocycles. The van der Waals surface area contributed by atoms with Gasteiger partial charge in [0.1, 0.15) is 5.82 Å². The Morgan fingerprint density at radius 1 is 1.00 bits per heavy atom. The van der Waals surface area contributed by atoms with Crippen LogP contribution in [0.1, 0.15) is 94.9 Å². The molecule has 0 aliphatic rings. The number of aromatic nitrogens is 2. The maximum absolute atomic E-state index is 6.07. The predicted octanol–water partition coefficient (Wildman–Crippen LogP) is 4.81. The van der Waals surface area contributed by atoms with Crippen LogP contribution in [0.15, 0.2) is 0 Å². The number of nitrogens with two attached hydrogens (primary N) is 1. The fraction of sp³-hybridized carbons (Fsp3) is 0.824. The first kappa shape index (κ1) is 17.2. The van der Waals surface area contributed by atoms with Crippen LogP contribution in [0, 0.1) is 6.92 Å². The molecule has 20 heavy (non-hydrogen) atoms. The second-order valence-corrected chi connectivity index (χ2v) is 5.92. The molecule has 1 unspecified atom stereocenters. The second-order valence-electron chi connectivity index (χ2n) is 5.92. The van der Waals surface area contributed by atoms with Gasteiger partial charge in [0.15, 0.2) is 0 Å². The third-order valence-corrected chi connectivity index (χ3v) is 4.05. The van der Waals surface area contributed by atoms with Crippen molar-refractivity contribution in [2.24, 2.45) is 5.73 Å². The molecule has 1 aromatic heterocycles. The second kappa shape index (κ2) is 9.98. The highest BCUT2D eigenvalue weighted by Gasteiger charge is 2.11. The first-order valence-electron chi connectivity index (χ1n) is 8.50. The normalized spacial score (nSPS) is 12.8. The zero-order chi connectivity index (χ0) is 14.8. The predicted molar refractivity (Wildman–Crippen MR) is 86.9 cm³/mol. The van der Waals surface area contributed by atoms with Crippen molar-refractivity contribution in [2.75, 3.05) is 0 Å². The van der Waals surface area contributed by atoms with Crippen LogP contribution in [0.3, 0.4) is 0 Å². The molecule has 116 valence electrons. The van der Waals surface area contributed by atoms with E-state index >= 15 is 0 Å². The van der Waals surface area contributed by atoms with Gasteiger partial charge < -0.3 is 10.7 Å². The van der Waals surface area contributed by atoms with Crippen LogP contribution in [0.5, 0.6) is 0 Å². The summed E-state index contributed by atoms with van der Waals surface area (Å²) in [5.74, 6) is 1.12. The Balaban J connectivity index is 2.16. The average molecular weight is 279 g/mol. The van der Waals surface area contributed by atoms with Crippen LogP contribution in [0.4, 0.5) is 0 Å². The van der Waals surface area contributed by atoms with Gasteiger partial charge in [0.2, 0.25) is 0 Å². The van der Waals surface area contributed by atoms with E-state index in [0.717, 1.165) is 30.1 Å². The summed E-state index contributed by atoms with van der Waals surface area (Å²) in [4.78, 5) is 8.02. The zero-order valence-electron chi connectivity index (χ0n) is 13.7. The van der Waals surface area contributed by atoms with E-state index < -0.39 is 0 Å². The van der Waals surface area contributed by atoms with Gasteiger partial charge in [-0.3, -0.25) is 0 Å². The van der Waals surface area contributed by atoms with Gasteiger partial charge in [-0.15, -0.1) is 0 Å². The first-order valence-corrected chi connectivity index (χ1v) is 8.50. The summed E-state index contributed by atoms with van der Waals surface area (Å²) in [5.41, 5.74) is 8.28. The van der Waals surface area contributed by atoms with Gasteiger partial charge in [0, 0.05) is 12.5 Å². The number of imidazole rings is 1. The fourth-order valence-corrected chi connectivity index (χ4v) is 2.65. The molecular formula is C17H33N3. The van der Waals surface area contributed by atoms with Crippen molar-refractivity contribution >= 4 is 0 Å². The third-order valence-electron chi connectivity index (χ3n) is 4.05. The van der Waals surface area contributed by atoms with Crippen LogP contribution in [0.2, 0.25) is 0 Å². The minimum absolute atomic E-state index is 0.106. The highest BCUT2D eigenvalue weighted by Crippen LogP contribution is 2.17. The molecule has 0 spiro atoms. The molecule has 1 atom stereocenters. The van der Waals surface area contributed by atoms with Crippen molar-refractivity contribution in [2.45, 2.75) is 91.0 Å². The number of hydrogen-bond donors (Lipinski definition) is 2. The number of nitrogens with one attached hydrogen (secondary N) is 1. The fourth-order valence-electron chi connectivity index (χ4n) is 2.65. The summed E-state index contributed by atoms with van der Waals surface area (Å²) in [5, 5.41) is 0.